The fourth-order valence-corrected chi connectivity index (χ4v) is 2.94. The lowest BCUT2D eigenvalue weighted by atomic mass is 10.1. The third-order valence-corrected chi connectivity index (χ3v) is 4.45. The molecule has 0 saturated carbocycles. The number of hydrogen-bond acceptors (Lipinski definition) is 5. The van der Waals surface area contributed by atoms with Crippen molar-refractivity contribution in [3.05, 3.63) is 63.2 Å². The minimum Gasteiger partial charge on any atom is -0.326 e. The zero-order chi connectivity index (χ0) is 20.4. The minimum absolute atomic E-state index is 0.0595. The molecule has 3 rings (SSSR count). The number of urea groups is 1. The minimum atomic E-state index is -0.836. The predicted molar refractivity (Wildman–Crippen MR) is 103 cm³/mol. The van der Waals surface area contributed by atoms with E-state index in [0.717, 1.165) is 5.06 Å². The molecule has 1 saturated heterocycles. The molecule has 146 valence electrons. The number of hydroxylamine groups is 2. The Bertz CT molecular complexity index is 934. The van der Waals surface area contributed by atoms with Gasteiger partial charge >= 0.3 is 6.03 Å². The van der Waals surface area contributed by atoms with Gasteiger partial charge in [-0.3, -0.25) is 19.8 Å². The van der Waals surface area contributed by atoms with Crippen LogP contribution < -0.4 is 10.2 Å². The highest BCUT2D eigenvalue weighted by molar-refractivity contribution is 6.30. The summed E-state index contributed by atoms with van der Waals surface area (Å²) in [5, 5.41) is 15.1. The molecule has 1 aliphatic heterocycles. The first-order valence-electron chi connectivity index (χ1n) is 8.30. The number of halogens is 1. The number of rotatable bonds is 5. The number of nitro benzene ring substituents is 1. The maximum Gasteiger partial charge on any atom is 0.350 e. The number of nitro groups is 1. The van der Waals surface area contributed by atoms with Gasteiger partial charge in [-0.15, -0.1) is 0 Å². The summed E-state index contributed by atoms with van der Waals surface area (Å²) in [6.07, 6.45) is -0.966. The van der Waals surface area contributed by atoms with Crippen molar-refractivity contribution in [1.29, 1.82) is 0 Å². The van der Waals surface area contributed by atoms with Crippen molar-refractivity contribution in [2.24, 2.45) is 0 Å². The molecule has 3 amide bonds. The third kappa shape index (κ3) is 4.05. The van der Waals surface area contributed by atoms with Crippen LogP contribution in [0.15, 0.2) is 42.5 Å². The Kier molecular flexibility index (Phi) is 5.48. The number of aryl methyl sites for hydroxylation is 1. The summed E-state index contributed by atoms with van der Waals surface area (Å²) in [5.41, 5.74) is 1.49. The highest BCUT2D eigenvalue weighted by Crippen LogP contribution is 2.28. The van der Waals surface area contributed by atoms with Gasteiger partial charge < -0.3 is 5.32 Å². The molecule has 0 bridgehead atoms. The van der Waals surface area contributed by atoms with Crippen molar-refractivity contribution in [3.63, 3.8) is 0 Å². The van der Waals surface area contributed by atoms with Gasteiger partial charge in [-0.25, -0.2) is 14.7 Å². The van der Waals surface area contributed by atoms with Crippen molar-refractivity contribution in [3.8, 4) is 0 Å². The number of nitrogens with one attached hydrogen (secondary N) is 1. The quantitative estimate of drug-likeness (QED) is 0.604. The largest absolute Gasteiger partial charge is 0.350 e. The van der Waals surface area contributed by atoms with Crippen LogP contribution in [-0.2, 0) is 9.63 Å². The second kappa shape index (κ2) is 7.83. The smallest absolute Gasteiger partial charge is 0.326 e. The Hall–Kier alpha value is -3.17. The number of non-ortho nitro benzene ring substituents is 1. The van der Waals surface area contributed by atoms with Crippen molar-refractivity contribution < 1.29 is 19.3 Å². The van der Waals surface area contributed by atoms with Gasteiger partial charge in [0.25, 0.3) is 5.69 Å². The molecule has 0 radical (unpaired) electrons. The summed E-state index contributed by atoms with van der Waals surface area (Å²) >= 11 is 5.89. The average molecular weight is 405 g/mol. The molecule has 1 fully saturated rings. The van der Waals surface area contributed by atoms with Gasteiger partial charge in [0.15, 0.2) is 6.23 Å². The highest BCUT2D eigenvalue weighted by Gasteiger charge is 2.39. The second-order valence-corrected chi connectivity index (χ2v) is 6.63. The van der Waals surface area contributed by atoms with Crippen LogP contribution in [0.1, 0.15) is 12.0 Å². The van der Waals surface area contributed by atoms with Crippen LogP contribution in [0.2, 0.25) is 5.02 Å². The number of hydrogen-bond donors (Lipinski definition) is 1. The van der Waals surface area contributed by atoms with Crippen molar-refractivity contribution in [1.82, 2.24) is 5.06 Å². The number of benzene rings is 2. The predicted octanol–water partition coefficient (Wildman–Crippen LogP) is 3.71. The van der Waals surface area contributed by atoms with E-state index in [1.54, 1.807) is 31.2 Å². The molecule has 2 aromatic carbocycles. The van der Waals surface area contributed by atoms with E-state index in [2.05, 4.69) is 5.32 Å². The molecule has 0 aromatic heterocycles. The van der Waals surface area contributed by atoms with E-state index >= 15 is 0 Å². The summed E-state index contributed by atoms with van der Waals surface area (Å²) in [7, 11) is 1.46. The number of carbonyl (C=O) groups excluding carboxylic acids is 2. The molecule has 9 nitrogen and oxygen atoms in total. The topological polar surface area (TPSA) is 105 Å². The van der Waals surface area contributed by atoms with E-state index in [1.807, 2.05) is 0 Å². The van der Waals surface area contributed by atoms with Gasteiger partial charge in [0.1, 0.15) is 0 Å². The Morgan fingerprint density at radius 1 is 1.29 bits per heavy atom. The van der Waals surface area contributed by atoms with Crippen LogP contribution in [0, 0.1) is 17.0 Å². The Morgan fingerprint density at radius 3 is 2.57 bits per heavy atom. The molecule has 1 unspecified atom stereocenters. The second-order valence-electron chi connectivity index (χ2n) is 6.20. The first-order valence-corrected chi connectivity index (χ1v) is 8.68. The van der Waals surface area contributed by atoms with Crippen LogP contribution in [0.25, 0.3) is 0 Å². The van der Waals surface area contributed by atoms with Crippen LogP contribution >= 0.6 is 11.6 Å². The first kappa shape index (κ1) is 19.6. The van der Waals surface area contributed by atoms with Gasteiger partial charge in [0.2, 0.25) is 5.91 Å². The number of carbonyl (C=O) groups is 2. The van der Waals surface area contributed by atoms with Crippen LogP contribution in [0.4, 0.5) is 21.9 Å². The molecular weight excluding hydrogens is 388 g/mol. The molecule has 1 aliphatic rings. The van der Waals surface area contributed by atoms with Crippen LogP contribution in [0.3, 0.4) is 0 Å². The monoisotopic (exact) mass is 404 g/mol. The highest BCUT2D eigenvalue weighted by atomic mass is 35.5. The van der Waals surface area contributed by atoms with Gasteiger partial charge in [-0.05, 0) is 42.8 Å². The number of anilines is 2. The lowest BCUT2D eigenvalue weighted by Crippen LogP contribution is -2.36. The molecular formula is C18H17ClN4O5. The zero-order valence-corrected chi connectivity index (χ0v) is 15.8. The average Bonchev–Trinajstić information content (AvgIpc) is 2.91. The van der Waals surface area contributed by atoms with E-state index in [4.69, 9.17) is 16.4 Å². The van der Waals surface area contributed by atoms with E-state index in [0.29, 0.717) is 22.0 Å². The number of nitrogens with zero attached hydrogens (tertiary/aromatic N) is 3. The lowest BCUT2D eigenvalue weighted by Gasteiger charge is -2.20. The van der Waals surface area contributed by atoms with Crippen molar-refractivity contribution in [2.75, 3.05) is 17.3 Å². The van der Waals surface area contributed by atoms with Gasteiger partial charge in [0, 0.05) is 35.6 Å². The SMILES string of the molecule is Cc1cc([N+](=O)[O-])ccc1NC(=O)CC1ON(C)C(=O)N1c1ccc(Cl)cc1. The number of amides is 3. The molecule has 10 heteroatoms. The normalized spacial score (nSPS) is 16.4. The Labute approximate surface area is 165 Å². The van der Waals surface area contributed by atoms with Crippen LogP contribution in [-0.4, -0.2) is 35.2 Å². The summed E-state index contributed by atoms with van der Waals surface area (Å²) in [5.74, 6) is -0.399. The van der Waals surface area contributed by atoms with Gasteiger partial charge in [-0.2, -0.15) is 0 Å². The molecule has 1 atom stereocenters. The molecule has 28 heavy (non-hydrogen) atoms. The molecule has 0 spiro atoms. The summed E-state index contributed by atoms with van der Waals surface area (Å²) < 4.78 is 0. The third-order valence-electron chi connectivity index (χ3n) is 4.20. The van der Waals surface area contributed by atoms with E-state index in [1.165, 1.54) is 30.1 Å². The summed E-state index contributed by atoms with van der Waals surface area (Å²) in [6, 6.07) is 10.3. The molecule has 1 N–H and O–H groups in total. The van der Waals surface area contributed by atoms with E-state index in [-0.39, 0.29) is 12.1 Å². The van der Waals surface area contributed by atoms with E-state index in [9.17, 15) is 19.7 Å². The Morgan fingerprint density at radius 2 is 1.96 bits per heavy atom. The zero-order valence-electron chi connectivity index (χ0n) is 15.1. The molecule has 2 aromatic rings. The summed E-state index contributed by atoms with van der Waals surface area (Å²) in [6.45, 7) is 1.66. The first-order chi connectivity index (χ1) is 13.3. The van der Waals surface area contributed by atoms with Crippen LogP contribution in [0.5, 0.6) is 0 Å². The molecule has 0 aliphatic carbocycles. The maximum absolute atomic E-state index is 12.5. The van der Waals surface area contributed by atoms with Gasteiger partial charge in [-0.1, -0.05) is 11.6 Å². The standard InChI is InChI=1S/C18H17ClN4O5/c1-11-9-14(23(26)27)7-8-15(11)20-16(24)10-17-22(18(25)21(2)28-17)13-5-3-12(19)4-6-13/h3-9,17H,10H2,1-2H3,(H,20,24). The summed E-state index contributed by atoms with van der Waals surface area (Å²) in [4.78, 5) is 42.0. The maximum atomic E-state index is 12.5. The van der Waals surface area contributed by atoms with Gasteiger partial charge in [0.05, 0.1) is 11.3 Å². The fraction of sp³-hybridized carbons (Fsp3) is 0.222. The van der Waals surface area contributed by atoms with E-state index < -0.39 is 23.1 Å². The lowest BCUT2D eigenvalue weighted by molar-refractivity contribution is -0.384. The Balaban J connectivity index is 1.74. The van der Waals surface area contributed by atoms with Crippen molar-refractivity contribution in [2.45, 2.75) is 19.6 Å². The molecule has 1 heterocycles. The fourth-order valence-electron chi connectivity index (χ4n) is 2.82. The van der Waals surface area contributed by atoms with Crippen molar-refractivity contribution >= 4 is 40.6 Å².